The molecule has 44 heavy (non-hydrogen) atoms. The molecule has 3 amide bonds. The number of alkyl halides is 5. The van der Waals surface area contributed by atoms with E-state index in [1.165, 1.54) is 23.6 Å². The number of fused-ring (bicyclic) bond motifs is 1. The first kappa shape index (κ1) is 36.3. The summed E-state index contributed by atoms with van der Waals surface area (Å²) in [7, 11) is 1.76. The summed E-state index contributed by atoms with van der Waals surface area (Å²) in [5.74, 6) is -3.44. The second-order valence-corrected chi connectivity index (χ2v) is 10.8. The van der Waals surface area contributed by atoms with Crippen LogP contribution < -0.4 is 10.6 Å². The quantitative estimate of drug-likeness (QED) is 0.364. The van der Waals surface area contributed by atoms with Crippen LogP contribution in [0.25, 0.3) is 5.65 Å². The topological polar surface area (TPSA) is 140 Å². The van der Waals surface area contributed by atoms with Crippen molar-refractivity contribution in [2.45, 2.75) is 85.7 Å². The molecular weight excluding hydrogens is 595 g/mol. The Balaban J connectivity index is 0.000000372. The summed E-state index contributed by atoms with van der Waals surface area (Å²) in [4.78, 5) is 29.2. The maximum absolute atomic E-state index is 13.5. The molecule has 1 saturated heterocycles. The molecule has 5 rings (SSSR count). The van der Waals surface area contributed by atoms with Gasteiger partial charge in [0.2, 0.25) is 0 Å². The Morgan fingerprint density at radius 1 is 1.20 bits per heavy atom. The van der Waals surface area contributed by atoms with Gasteiger partial charge in [-0.15, -0.1) is 0 Å². The Hall–Kier alpha value is -3.89. The minimum absolute atomic E-state index is 0.0255. The van der Waals surface area contributed by atoms with Crippen LogP contribution in [-0.4, -0.2) is 80.2 Å². The first-order chi connectivity index (χ1) is 20.5. The van der Waals surface area contributed by atoms with Crippen molar-refractivity contribution in [1.29, 1.82) is 0 Å². The summed E-state index contributed by atoms with van der Waals surface area (Å²) < 4.78 is 72.6. The molecule has 1 saturated carbocycles. The van der Waals surface area contributed by atoms with Gasteiger partial charge in [0.05, 0.1) is 49.2 Å². The van der Waals surface area contributed by atoms with Gasteiger partial charge in [0, 0.05) is 13.7 Å². The third-order valence-corrected chi connectivity index (χ3v) is 6.01. The first-order valence-electron chi connectivity index (χ1n) is 13.9. The Labute approximate surface area is 251 Å². The van der Waals surface area contributed by atoms with E-state index < -0.39 is 42.5 Å². The van der Waals surface area contributed by atoms with Gasteiger partial charge in [0.15, 0.2) is 11.3 Å². The molecule has 0 unspecified atom stereocenters. The number of carbonyl (C=O) groups excluding carboxylic acids is 2. The maximum atomic E-state index is 13.5. The molecule has 0 bridgehead atoms. The third kappa shape index (κ3) is 11.0. The van der Waals surface area contributed by atoms with Crippen LogP contribution in [0.1, 0.15) is 74.9 Å². The molecule has 0 spiro atoms. The number of urea groups is 1. The Bertz CT molecular complexity index is 1350. The average molecular weight is 635 g/mol. The Kier molecular flexibility index (Phi) is 12.5. The van der Waals surface area contributed by atoms with E-state index in [4.69, 9.17) is 4.74 Å². The minimum Gasteiger partial charge on any atom is -0.381 e. The highest BCUT2D eigenvalue weighted by atomic mass is 19.4. The van der Waals surface area contributed by atoms with Crippen molar-refractivity contribution < 1.29 is 40.9 Å². The lowest BCUT2D eigenvalue weighted by Crippen LogP contribution is -2.56. The molecule has 2 fully saturated rings. The molecule has 3 aromatic heterocycles. The van der Waals surface area contributed by atoms with E-state index in [0.717, 1.165) is 25.7 Å². The van der Waals surface area contributed by atoms with Crippen molar-refractivity contribution in [3.8, 4) is 0 Å². The molecular formula is C27H39F5N8O4. The molecule has 0 atom stereocenters. The van der Waals surface area contributed by atoms with Crippen molar-refractivity contribution >= 4 is 17.6 Å². The number of carbonyl (C=O) groups is 2. The Morgan fingerprint density at radius 2 is 1.84 bits per heavy atom. The SMILES string of the molecule is CC.CC(C)(C)C(F)(F)F.COC1CC1.Cc1nonc1C(=O)NCc1cn2ncc(CN3CC(F)(F)CNC3=O)cc2n1. The molecule has 17 heteroatoms. The fourth-order valence-electron chi connectivity index (χ4n) is 3.20. The number of rotatable bonds is 6. The number of halogens is 5. The lowest BCUT2D eigenvalue weighted by molar-refractivity contribution is -0.204. The first-order valence-corrected chi connectivity index (χ1v) is 13.9. The second-order valence-electron chi connectivity index (χ2n) is 10.8. The van der Waals surface area contributed by atoms with E-state index in [1.807, 2.05) is 13.8 Å². The summed E-state index contributed by atoms with van der Waals surface area (Å²) in [6.45, 7) is 7.80. The lowest BCUT2D eigenvalue weighted by atomic mass is 9.96. The van der Waals surface area contributed by atoms with Gasteiger partial charge in [-0.2, -0.15) is 18.3 Å². The highest BCUT2D eigenvalue weighted by molar-refractivity contribution is 5.92. The number of hydrogen-bond donors (Lipinski definition) is 2. The van der Waals surface area contributed by atoms with Crippen molar-refractivity contribution in [2.24, 2.45) is 5.41 Å². The van der Waals surface area contributed by atoms with Crippen molar-refractivity contribution in [3.63, 3.8) is 0 Å². The number of nitrogens with zero attached hydrogens (tertiary/aromatic N) is 6. The van der Waals surface area contributed by atoms with E-state index in [2.05, 4.69) is 35.7 Å². The number of imidazole rings is 1. The normalized spacial score (nSPS) is 16.0. The van der Waals surface area contributed by atoms with Crippen LogP contribution in [0, 0.1) is 12.3 Å². The van der Waals surface area contributed by atoms with Crippen molar-refractivity contribution in [3.05, 3.63) is 41.1 Å². The number of methoxy groups -OCH3 is 1. The number of amides is 3. The van der Waals surface area contributed by atoms with Gasteiger partial charge in [0.1, 0.15) is 5.69 Å². The standard InChI is InChI=1S/C16H16F2N8O3.C5H9F3.C4H8O.C2H6/c1-9-13(24-29-23-9)14(27)19-4-11-6-26-12(22-11)2-10(3-21-26)5-25-8-16(17,18)7-20-15(25)28;1-4(2,3)5(6,7)8;1-5-4-2-3-4;1-2/h2-3,6H,4-5,7-8H2,1H3,(H,19,27)(H,20,28);1-3H3;4H,2-3H2,1H3;1-2H3. The molecule has 1 aliphatic heterocycles. The molecule has 12 nitrogen and oxygen atoms in total. The Morgan fingerprint density at radius 3 is 2.34 bits per heavy atom. The van der Waals surface area contributed by atoms with E-state index in [-0.39, 0.29) is 18.8 Å². The van der Waals surface area contributed by atoms with E-state index in [9.17, 15) is 31.5 Å². The van der Waals surface area contributed by atoms with Crippen LogP contribution >= 0.6 is 0 Å². The largest absolute Gasteiger partial charge is 0.393 e. The van der Waals surface area contributed by atoms with Crippen LogP contribution in [0.4, 0.5) is 26.7 Å². The molecule has 0 radical (unpaired) electrons. The van der Waals surface area contributed by atoms with E-state index in [1.54, 1.807) is 26.3 Å². The number of hydrogen-bond acceptors (Lipinski definition) is 8. The zero-order chi connectivity index (χ0) is 33.3. The predicted molar refractivity (Wildman–Crippen MR) is 149 cm³/mol. The average Bonchev–Trinajstić information content (AvgIpc) is 3.56. The summed E-state index contributed by atoms with van der Waals surface area (Å²) in [5.41, 5.74) is 0.430. The van der Waals surface area contributed by atoms with Gasteiger partial charge in [-0.1, -0.05) is 39.8 Å². The molecule has 1 aliphatic carbocycles. The van der Waals surface area contributed by atoms with Gasteiger partial charge in [-0.25, -0.2) is 27.7 Å². The highest BCUT2D eigenvalue weighted by Crippen LogP contribution is 2.36. The van der Waals surface area contributed by atoms with Crippen LogP contribution in [0.5, 0.6) is 0 Å². The fraction of sp³-hybridized carbons (Fsp3) is 0.630. The zero-order valence-corrected chi connectivity index (χ0v) is 25.8. The summed E-state index contributed by atoms with van der Waals surface area (Å²) in [5, 5.41) is 16.1. The van der Waals surface area contributed by atoms with Crippen LogP contribution in [-0.2, 0) is 17.8 Å². The van der Waals surface area contributed by atoms with Gasteiger partial charge < -0.3 is 20.3 Å². The van der Waals surface area contributed by atoms with E-state index in [0.29, 0.717) is 28.7 Å². The lowest BCUT2D eigenvalue weighted by Gasteiger charge is -2.32. The summed E-state index contributed by atoms with van der Waals surface area (Å²) in [6.07, 6.45) is 2.24. The van der Waals surface area contributed by atoms with Gasteiger partial charge in [-0.05, 0) is 36.6 Å². The number of nitrogens with one attached hydrogen (secondary N) is 2. The molecule has 2 N–H and O–H groups in total. The van der Waals surface area contributed by atoms with Crippen LogP contribution in [0.2, 0.25) is 0 Å². The van der Waals surface area contributed by atoms with Crippen molar-refractivity contribution in [1.82, 2.24) is 40.4 Å². The molecule has 2 aliphatic rings. The van der Waals surface area contributed by atoms with Crippen molar-refractivity contribution in [2.75, 3.05) is 20.2 Å². The highest BCUT2D eigenvalue weighted by Gasteiger charge is 2.43. The van der Waals surface area contributed by atoms with Crippen LogP contribution in [0.3, 0.4) is 0 Å². The maximum Gasteiger partial charge on any atom is 0.393 e. The minimum atomic E-state index is -4.06. The molecule has 4 heterocycles. The van der Waals surface area contributed by atoms with E-state index >= 15 is 0 Å². The number of aryl methyl sites for hydroxylation is 1. The summed E-state index contributed by atoms with van der Waals surface area (Å²) in [6, 6.07) is 1.09. The number of ether oxygens (including phenoxy) is 1. The van der Waals surface area contributed by atoms with Gasteiger partial charge in [-0.3, -0.25) is 4.79 Å². The van der Waals surface area contributed by atoms with Gasteiger partial charge >= 0.3 is 12.2 Å². The molecule has 0 aromatic carbocycles. The zero-order valence-electron chi connectivity index (χ0n) is 25.8. The van der Waals surface area contributed by atoms with Crippen LogP contribution in [0.15, 0.2) is 23.1 Å². The monoisotopic (exact) mass is 634 g/mol. The second kappa shape index (κ2) is 15.2. The fourth-order valence-corrected chi connectivity index (χ4v) is 3.20. The summed E-state index contributed by atoms with van der Waals surface area (Å²) >= 11 is 0. The third-order valence-electron chi connectivity index (χ3n) is 6.01. The smallest absolute Gasteiger partial charge is 0.381 e. The number of aromatic nitrogens is 5. The molecule has 246 valence electrons. The predicted octanol–water partition coefficient (Wildman–Crippen LogP) is 4.93. The molecule has 3 aromatic rings. The van der Waals surface area contributed by atoms with Gasteiger partial charge in [0.25, 0.3) is 11.8 Å².